The van der Waals surface area contributed by atoms with Crippen molar-refractivity contribution in [2.75, 3.05) is 5.32 Å². The number of nitrogens with zero attached hydrogens (tertiary/aromatic N) is 1. The van der Waals surface area contributed by atoms with E-state index in [1.807, 2.05) is 12.1 Å². The normalized spacial score (nSPS) is 12.4. The van der Waals surface area contributed by atoms with Crippen LogP contribution in [-0.4, -0.2) is 16.4 Å². The fraction of sp³-hybridized carbons (Fsp3) is 0.154. The van der Waals surface area contributed by atoms with Crippen LogP contribution < -0.4 is 16.4 Å². The molecule has 0 aliphatic rings. The molecular weight excluding hydrogens is 457 g/mol. The zero-order chi connectivity index (χ0) is 25.3. The summed E-state index contributed by atoms with van der Waals surface area (Å²) in [6.45, 7) is 1.79. The minimum absolute atomic E-state index is 0.209. The molecule has 0 fully saturated rings. The summed E-state index contributed by atoms with van der Waals surface area (Å²) in [6, 6.07) is 18.2. The van der Waals surface area contributed by atoms with Gasteiger partial charge in [0, 0.05) is 23.7 Å². The van der Waals surface area contributed by atoms with E-state index in [9.17, 15) is 22.8 Å². The van der Waals surface area contributed by atoms with Crippen LogP contribution in [0, 0.1) is 0 Å². The van der Waals surface area contributed by atoms with Gasteiger partial charge in [-0.25, -0.2) is 0 Å². The van der Waals surface area contributed by atoms with E-state index in [4.69, 9.17) is 5.73 Å². The van der Waals surface area contributed by atoms with Crippen LogP contribution in [0.25, 0.3) is 10.9 Å². The molecule has 180 valence electrons. The molecule has 0 saturated carbocycles. The molecule has 0 spiro atoms. The molecule has 4 N–H and O–H groups in total. The van der Waals surface area contributed by atoms with Gasteiger partial charge in [-0.3, -0.25) is 9.59 Å². The van der Waals surface area contributed by atoms with Crippen molar-refractivity contribution in [3.63, 3.8) is 0 Å². The Balaban J connectivity index is 1.69. The van der Waals surface area contributed by atoms with Crippen molar-refractivity contribution < 1.29 is 22.8 Å². The molecule has 1 unspecified atom stereocenters. The summed E-state index contributed by atoms with van der Waals surface area (Å²) in [4.78, 5) is 24.7. The third-order valence-electron chi connectivity index (χ3n) is 5.82. The van der Waals surface area contributed by atoms with E-state index in [-0.39, 0.29) is 11.4 Å². The highest BCUT2D eigenvalue weighted by Gasteiger charge is 2.31. The van der Waals surface area contributed by atoms with Crippen molar-refractivity contribution in [2.45, 2.75) is 19.1 Å². The molecule has 0 aliphatic heterocycles. The molecule has 4 aromatic rings. The summed E-state index contributed by atoms with van der Waals surface area (Å²) in [5, 5.41) is 6.65. The number of hydrogen-bond donors (Lipinski definition) is 3. The Labute approximate surface area is 199 Å². The van der Waals surface area contributed by atoms with Crippen LogP contribution in [0.15, 0.2) is 72.8 Å². The van der Waals surface area contributed by atoms with Crippen LogP contribution in [0.5, 0.6) is 0 Å². The number of carbonyl (C=O) groups is 2. The molecule has 4 rings (SSSR count). The number of primary amides is 1. The van der Waals surface area contributed by atoms with Gasteiger partial charge in [-0.1, -0.05) is 36.4 Å². The molecule has 35 heavy (non-hydrogen) atoms. The topological polar surface area (TPSA) is 89.2 Å². The Kier molecular flexibility index (Phi) is 6.26. The fourth-order valence-corrected chi connectivity index (χ4v) is 3.99. The van der Waals surface area contributed by atoms with Gasteiger partial charge in [0.15, 0.2) is 0 Å². The van der Waals surface area contributed by atoms with Crippen molar-refractivity contribution in [1.82, 2.24) is 9.88 Å². The van der Waals surface area contributed by atoms with Gasteiger partial charge in [0.1, 0.15) is 5.69 Å². The Bertz CT molecular complexity index is 1410. The maximum absolute atomic E-state index is 13.4. The number of alkyl halides is 3. The van der Waals surface area contributed by atoms with Crippen LogP contribution in [0.1, 0.15) is 44.9 Å². The van der Waals surface area contributed by atoms with Gasteiger partial charge >= 0.3 is 6.18 Å². The lowest BCUT2D eigenvalue weighted by atomic mass is 10.1. The predicted octanol–water partition coefficient (Wildman–Crippen LogP) is 5.53. The lowest BCUT2D eigenvalue weighted by Crippen LogP contribution is -2.29. The van der Waals surface area contributed by atoms with Crippen LogP contribution >= 0.6 is 0 Å². The van der Waals surface area contributed by atoms with E-state index in [0.29, 0.717) is 16.6 Å². The zero-order valence-electron chi connectivity index (χ0n) is 19.0. The first-order valence-corrected chi connectivity index (χ1v) is 10.8. The first-order valence-electron chi connectivity index (χ1n) is 10.8. The molecule has 1 aromatic heterocycles. The van der Waals surface area contributed by atoms with Gasteiger partial charge in [0.05, 0.1) is 22.8 Å². The molecule has 1 atom stereocenters. The number of nitrogens with one attached hydrogen (secondary N) is 2. The van der Waals surface area contributed by atoms with Crippen molar-refractivity contribution in [2.24, 2.45) is 12.8 Å². The second kappa shape index (κ2) is 9.17. The minimum Gasteiger partial charge on any atom is -0.366 e. The quantitative estimate of drug-likeness (QED) is 0.339. The average Bonchev–Trinajstić information content (AvgIpc) is 3.10. The maximum Gasteiger partial charge on any atom is 0.416 e. The fourth-order valence-electron chi connectivity index (χ4n) is 3.99. The molecule has 3 aromatic carbocycles. The van der Waals surface area contributed by atoms with Crippen molar-refractivity contribution in [1.29, 1.82) is 0 Å². The number of benzene rings is 3. The Hall–Kier alpha value is -4.27. The van der Waals surface area contributed by atoms with E-state index < -0.39 is 29.6 Å². The van der Waals surface area contributed by atoms with Crippen LogP contribution in [0.4, 0.5) is 24.5 Å². The monoisotopic (exact) mass is 480 g/mol. The lowest BCUT2D eigenvalue weighted by molar-refractivity contribution is -0.137. The number of aryl methyl sites for hydroxylation is 1. The number of aromatic nitrogens is 1. The number of rotatable bonds is 6. The smallest absolute Gasteiger partial charge is 0.366 e. The molecule has 6 nitrogen and oxygen atoms in total. The first kappa shape index (κ1) is 23.9. The molecule has 0 radical (unpaired) electrons. The van der Waals surface area contributed by atoms with Crippen molar-refractivity contribution in [3.05, 3.63) is 95.2 Å². The molecule has 2 amide bonds. The molecule has 9 heteroatoms. The number of halogens is 3. The van der Waals surface area contributed by atoms with E-state index in [1.54, 1.807) is 54.9 Å². The van der Waals surface area contributed by atoms with E-state index in [2.05, 4.69) is 10.6 Å². The second-order valence-corrected chi connectivity index (χ2v) is 8.18. The Morgan fingerprint density at radius 1 is 0.971 bits per heavy atom. The highest BCUT2D eigenvalue weighted by Crippen LogP contribution is 2.35. The largest absolute Gasteiger partial charge is 0.416 e. The average molecular weight is 480 g/mol. The molecule has 1 heterocycles. The van der Waals surface area contributed by atoms with E-state index >= 15 is 0 Å². The summed E-state index contributed by atoms with van der Waals surface area (Å²) in [7, 11) is 1.72. The highest BCUT2D eigenvalue weighted by atomic mass is 19.4. The first-order chi connectivity index (χ1) is 16.6. The summed E-state index contributed by atoms with van der Waals surface area (Å²) >= 11 is 0. The number of nitrogens with two attached hydrogens (primary N) is 1. The van der Waals surface area contributed by atoms with Crippen molar-refractivity contribution >= 4 is 34.1 Å². The second-order valence-electron chi connectivity index (χ2n) is 8.18. The Morgan fingerprint density at radius 3 is 2.31 bits per heavy atom. The van der Waals surface area contributed by atoms with Gasteiger partial charge in [-0.05, 0) is 48.9 Å². The summed E-state index contributed by atoms with van der Waals surface area (Å²) in [6.07, 6.45) is -4.49. The van der Waals surface area contributed by atoms with Crippen molar-refractivity contribution in [3.8, 4) is 0 Å². The Morgan fingerprint density at radius 2 is 1.66 bits per heavy atom. The maximum atomic E-state index is 13.4. The van der Waals surface area contributed by atoms with Crippen LogP contribution in [-0.2, 0) is 13.2 Å². The molecule has 0 bridgehead atoms. The molecule has 0 aliphatic carbocycles. The SMILES string of the molecule is CC(NC(=O)c1c(Nc2cccc(C(F)(F)F)c2)c2ccccc2n1C)c1ccc(C(N)=O)cc1. The standard InChI is InChI=1S/C26H23F3N4O2/c1-15(16-10-12-17(13-11-16)24(30)34)31-25(35)23-22(20-8-3-4-9-21(20)33(23)2)32-19-7-5-6-18(14-19)26(27,28)29/h3-15,32H,1-2H3,(H2,30,34)(H,31,35). The zero-order valence-corrected chi connectivity index (χ0v) is 19.0. The summed E-state index contributed by atoms with van der Waals surface area (Å²) in [5.41, 5.74) is 7.22. The van der Waals surface area contributed by atoms with Crippen LogP contribution in [0.2, 0.25) is 0 Å². The third kappa shape index (κ3) is 4.84. The van der Waals surface area contributed by atoms with E-state index in [1.165, 1.54) is 12.1 Å². The van der Waals surface area contributed by atoms with Crippen LogP contribution in [0.3, 0.4) is 0 Å². The summed E-state index contributed by atoms with van der Waals surface area (Å²) in [5.74, 6) is -0.960. The number of amides is 2. The van der Waals surface area contributed by atoms with Gasteiger partial charge < -0.3 is 20.9 Å². The number of carbonyl (C=O) groups excluding carboxylic acids is 2. The number of anilines is 2. The van der Waals surface area contributed by atoms with E-state index in [0.717, 1.165) is 23.2 Å². The molecular formula is C26H23F3N4O2. The number of para-hydroxylation sites is 1. The highest BCUT2D eigenvalue weighted by molar-refractivity contribution is 6.09. The third-order valence-corrected chi connectivity index (χ3v) is 5.82. The van der Waals surface area contributed by atoms with Gasteiger partial charge in [0.25, 0.3) is 5.91 Å². The number of hydrogen-bond acceptors (Lipinski definition) is 3. The predicted molar refractivity (Wildman–Crippen MR) is 128 cm³/mol. The van der Waals surface area contributed by atoms with Gasteiger partial charge in [-0.15, -0.1) is 0 Å². The lowest BCUT2D eigenvalue weighted by Gasteiger charge is -2.17. The summed E-state index contributed by atoms with van der Waals surface area (Å²) < 4.78 is 41.4. The van der Waals surface area contributed by atoms with Gasteiger partial charge in [-0.2, -0.15) is 13.2 Å². The number of fused-ring (bicyclic) bond motifs is 1. The minimum atomic E-state index is -4.49. The molecule has 0 saturated heterocycles. The van der Waals surface area contributed by atoms with Gasteiger partial charge in [0.2, 0.25) is 5.91 Å².